The summed E-state index contributed by atoms with van der Waals surface area (Å²) in [5, 5.41) is 0. The first-order valence-corrected chi connectivity index (χ1v) is 7.69. The lowest BCUT2D eigenvalue weighted by Crippen LogP contribution is -2.46. The van der Waals surface area contributed by atoms with Crippen LogP contribution in [0.2, 0.25) is 0 Å². The fourth-order valence-electron chi connectivity index (χ4n) is 2.88. The van der Waals surface area contributed by atoms with Crippen LogP contribution in [0.3, 0.4) is 0 Å². The number of ether oxygens (including phenoxy) is 1. The average molecular weight is 301 g/mol. The van der Waals surface area contributed by atoms with Crippen LogP contribution in [-0.4, -0.2) is 29.8 Å². The second kappa shape index (κ2) is 7.25. The molecule has 0 bridgehead atoms. The first-order chi connectivity index (χ1) is 10.6. The first kappa shape index (κ1) is 16.3. The van der Waals surface area contributed by atoms with Gasteiger partial charge < -0.3 is 9.64 Å². The molecule has 4 nitrogen and oxygen atoms in total. The zero-order chi connectivity index (χ0) is 16.1. The summed E-state index contributed by atoms with van der Waals surface area (Å²) in [7, 11) is 1.41. The summed E-state index contributed by atoms with van der Waals surface area (Å²) in [6.07, 6.45) is 4.54. The number of methoxy groups -OCH3 is 1. The minimum absolute atomic E-state index is 0.0814. The van der Waals surface area contributed by atoms with Crippen LogP contribution in [0.4, 0.5) is 0 Å². The van der Waals surface area contributed by atoms with Crippen LogP contribution in [0.25, 0.3) is 0 Å². The molecule has 118 valence electrons. The van der Waals surface area contributed by atoms with Gasteiger partial charge in [0.1, 0.15) is 6.04 Å². The second-order valence-corrected chi connectivity index (χ2v) is 5.71. The number of rotatable bonds is 5. The topological polar surface area (TPSA) is 46.6 Å². The molecule has 0 aromatic heterocycles. The van der Waals surface area contributed by atoms with E-state index in [1.54, 1.807) is 12.3 Å². The number of hydrogen-bond donors (Lipinski definition) is 0. The number of benzene rings is 1. The van der Waals surface area contributed by atoms with Gasteiger partial charge in [-0.1, -0.05) is 50.6 Å². The van der Waals surface area contributed by atoms with Crippen molar-refractivity contribution in [2.24, 2.45) is 5.92 Å². The highest BCUT2D eigenvalue weighted by Crippen LogP contribution is 2.33. The van der Waals surface area contributed by atoms with Gasteiger partial charge in [0, 0.05) is 12.6 Å². The number of hydrogen-bond acceptors (Lipinski definition) is 4. The molecule has 0 saturated carbocycles. The zero-order valence-corrected chi connectivity index (χ0v) is 13.4. The van der Waals surface area contributed by atoms with E-state index in [0.29, 0.717) is 6.42 Å². The SMILES string of the molecule is CCC(C)[C@H](C(=O)OC)N1C=CC(=O)C[C@@H]1c1ccccc1. The molecule has 0 aliphatic carbocycles. The molecule has 0 spiro atoms. The van der Waals surface area contributed by atoms with Crippen molar-refractivity contribution in [1.82, 2.24) is 4.90 Å². The smallest absolute Gasteiger partial charge is 0.328 e. The van der Waals surface area contributed by atoms with Gasteiger partial charge in [-0.3, -0.25) is 4.79 Å². The normalized spacial score (nSPS) is 20.6. The quantitative estimate of drug-likeness (QED) is 0.784. The molecule has 4 heteroatoms. The van der Waals surface area contributed by atoms with Gasteiger partial charge in [-0.2, -0.15) is 0 Å². The maximum Gasteiger partial charge on any atom is 0.328 e. The molecule has 0 fully saturated rings. The van der Waals surface area contributed by atoms with E-state index in [-0.39, 0.29) is 29.8 Å². The van der Waals surface area contributed by atoms with Crippen molar-refractivity contribution in [2.45, 2.75) is 38.8 Å². The van der Waals surface area contributed by atoms with E-state index in [1.807, 2.05) is 42.2 Å². The number of carbonyl (C=O) groups is 2. The molecule has 3 atom stereocenters. The highest BCUT2D eigenvalue weighted by molar-refractivity contribution is 5.91. The standard InChI is InChI=1S/C18H23NO3/c1-4-13(2)17(18(21)22-3)19-11-10-15(20)12-16(19)14-8-6-5-7-9-14/h5-11,13,16-17H,4,12H2,1-3H3/t13?,16-,17-/m1/s1. The van der Waals surface area contributed by atoms with Crippen LogP contribution >= 0.6 is 0 Å². The maximum atomic E-state index is 12.3. The monoisotopic (exact) mass is 301 g/mol. The highest BCUT2D eigenvalue weighted by atomic mass is 16.5. The van der Waals surface area contributed by atoms with Crippen LogP contribution in [0.5, 0.6) is 0 Å². The van der Waals surface area contributed by atoms with Crippen molar-refractivity contribution in [1.29, 1.82) is 0 Å². The Kier molecular flexibility index (Phi) is 5.36. The Morgan fingerprint density at radius 1 is 1.36 bits per heavy atom. The van der Waals surface area contributed by atoms with Gasteiger partial charge in [0.2, 0.25) is 0 Å². The van der Waals surface area contributed by atoms with Crippen molar-refractivity contribution < 1.29 is 14.3 Å². The van der Waals surface area contributed by atoms with Gasteiger partial charge in [-0.05, 0) is 17.6 Å². The van der Waals surface area contributed by atoms with Crippen LogP contribution in [0.1, 0.15) is 38.3 Å². The summed E-state index contributed by atoms with van der Waals surface area (Å²) < 4.78 is 5.00. The minimum Gasteiger partial charge on any atom is -0.467 e. The van der Waals surface area contributed by atoms with Gasteiger partial charge in [0.05, 0.1) is 13.2 Å². The molecule has 1 aromatic carbocycles. The van der Waals surface area contributed by atoms with E-state index in [9.17, 15) is 9.59 Å². The largest absolute Gasteiger partial charge is 0.467 e. The van der Waals surface area contributed by atoms with Gasteiger partial charge in [-0.15, -0.1) is 0 Å². The summed E-state index contributed by atoms with van der Waals surface area (Å²) in [6.45, 7) is 4.09. The molecule has 0 saturated heterocycles. The molecular formula is C18H23NO3. The van der Waals surface area contributed by atoms with Crippen molar-refractivity contribution in [2.75, 3.05) is 7.11 Å². The Balaban J connectivity index is 2.40. The summed E-state index contributed by atoms with van der Waals surface area (Å²) >= 11 is 0. The van der Waals surface area contributed by atoms with E-state index in [4.69, 9.17) is 4.74 Å². The number of allylic oxidation sites excluding steroid dienone is 1. The lowest BCUT2D eigenvalue weighted by Gasteiger charge is -2.40. The Labute approximate surface area is 131 Å². The van der Waals surface area contributed by atoms with Crippen LogP contribution < -0.4 is 0 Å². The summed E-state index contributed by atoms with van der Waals surface area (Å²) in [5.41, 5.74) is 1.04. The van der Waals surface area contributed by atoms with Crippen molar-refractivity contribution in [3.8, 4) is 0 Å². The molecule has 0 amide bonds. The predicted molar refractivity (Wildman–Crippen MR) is 85.0 cm³/mol. The highest BCUT2D eigenvalue weighted by Gasteiger charge is 2.36. The molecule has 22 heavy (non-hydrogen) atoms. The Morgan fingerprint density at radius 2 is 2.05 bits per heavy atom. The van der Waals surface area contributed by atoms with E-state index in [2.05, 4.69) is 6.92 Å². The van der Waals surface area contributed by atoms with Gasteiger partial charge >= 0.3 is 5.97 Å². The number of esters is 1. The maximum absolute atomic E-state index is 12.3. The predicted octanol–water partition coefficient (Wildman–Crippen LogP) is 3.10. The molecule has 1 aromatic rings. The Bertz CT molecular complexity index is 553. The fourth-order valence-corrected chi connectivity index (χ4v) is 2.88. The third kappa shape index (κ3) is 3.38. The number of carbonyl (C=O) groups excluding carboxylic acids is 2. The lowest BCUT2D eigenvalue weighted by molar-refractivity contribution is -0.149. The van der Waals surface area contributed by atoms with Crippen LogP contribution in [-0.2, 0) is 14.3 Å². The molecule has 1 aliphatic heterocycles. The second-order valence-electron chi connectivity index (χ2n) is 5.71. The third-order valence-corrected chi connectivity index (χ3v) is 4.32. The van der Waals surface area contributed by atoms with Gasteiger partial charge in [-0.25, -0.2) is 4.79 Å². The zero-order valence-electron chi connectivity index (χ0n) is 13.4. The summed E-state index contributed by atoms with van der Waals surface area (Å²) in [4.78, 5) is 26.1. The van der Waals surface area contributed by atoms with Crippen molar-refractivity contribution in [3.05, 3.63) is 48.2 Å². The fraction of sp³-hybridized carbons (Fsp3) is 0.444. The number of ketones is 1. The molecule has 1 unspecified atom stereocenters. The van der Waals surface area contributed by atoms with Crippen molar-refractivity contribution >= 4 is 11.8 Å². The minimum atomic E-state index is -0.385. The summed E-state index contributed by atoms with van der Waals surface area (Å²) in [5.74, 6) is -0.0383. The molecule has 1 heterocycles. The van der Waals surface area contributed by atoms with Gasteiger partial charge in [0.15, 0.2) is 5.78 Å². The molecule has 2 rings (SSSR count). The van der Waals surface area contributed by atoms with E-state index < -0.39 is 0 Å². The number of nitrogens with zero attached hydrogens (tertiary/aromatic N) is 1. The molecule has 0 N–H and O–H groups in total. The summed E-state index contributed by atoms with van der Waals surface area (Å²) in [6, 6.07) is 9.32. The van der Waals surface area contributed by atoms with E-state index >= 15 is 0 Å². The van der Waals surface area contributed by atoms with Crippen LogP contribution in [0.15, 0.2) is 42.6 Å². The van der Waals surface area contributed by atoms with Gasteiger partial charge in [0.25, 0.3) is 0 Å². The van der Waals surface area contributed by atoms with Crippen molar-refractivity contribution in [3.63, 3.8) is 0 Å². The van der Waals surface area contributed by atoms with E-state index in [0.717, 1.165) is 12.0 Å². The Morgan fingerprint density at radius 3 is 2.64 bits per heavy atom. The molecule has 1 aliphatic rings. The third-order valence-electron chi connectivity index (χ3n) is 4.32. The lowest BCUT2D eigenvalue weighted by atomic mass is 9.91. The first-order valence-electron chi connectivity index (χ1n) is 7.69. The van der Waals surface area contributed by atoms with E-state index in [1.165, 1.54) is 7.11 Å². The average Bonchev–Trinajstić information content (AvgIpc) is 2.56. The molecule has 0 radical (unpaired) electrons. The molecular weight excluding hydrogens is 278 g/mol. The Hall–Kier alpha value is -2.10. The van der Waals surface area contributed by atoms with Crippen LogP contribution in [0, 0.1) is 5.92 Å².